The van der Waals surface area contributed by atoms with E-state index in [0.29, 0.717) is 6.61 Å². The molecule has 6 nitrogen and oxygen atoms in total. The second kappa shape index (κ2) is 5.27. The standard InChI is InChI=1S/C10H19N5O/c1-2-5-16-7-9-12-10(14-13-9)15-4-3-8(11)6-15/h8H,2-7,11H2,1H3,(H,12,13,14). The van der Waals surface area contributed by atoms with E-state index in [4.69, 9.17) is 10.5 Å². The van der Waals surface area contributed by atoms with Gasteiger partial charge in [0.05, 0.1) is 0 Å². The normalized spacial score (nSPS) is 20.6. The molecule has 1 unspecified atom stereocenters. The molecule has 0 radical (unpaired) electrons. The van der Waals surface area contributed by atoms with Crippen LogP contribution < -0.4 is 10.6 Å². The van der Waals surface area contributed by atoms with Gasteiger partial charge in [-0.2, -0.15) is 4.98 Å². The van der Waals surface area contributed by atoms with Crippen LogP contribution in [0.15, 0.2) is 0 Å². The van der Waals surface area contributed by atoms with Crippen molar-refractivity contribution in [3.05, 3.63) is 5.82 Å². The van der Waals surface area contributed by atoms with Crippen molar-refractivity contribution in [2.45, 2.75) is 32.4 Å². The van der Waals surface area contributed by atoms with E-state index in [2.05, 4.69) is 27.0 Å². The third-order valence-corrected chi connectivity index (χ3v) is 2.61. The summed E-state index contributed by atoms with van der Waals surface area (Å²) in [5.41, 5.74) is 5.84. The molecule has 1 saturated heterocycles. The average Bonchev–Trinajstić information content (AvgIpc) is 2.87. The summed E-state index contributed by atoms with van der Waals surface area (Å²) in [6.45, 7) is 5.12. The summed E-state index contributed by atoms with van der Waals surface area (Å²) in [5.74, 6) is 1.52. The maximum atomic E-state index is 5.84. The van der Waals surface area contributed by atoms with Gasteiger partial charge in [-0.15, -0.1) is 5.10 Å². The molecule has 1 aromatic rings. The molecule has 2 heterocycles. The van der Waals surface area contributed by atoms with Gasteiger partial charge in [-0.3, -0.25) is 5.10 Å². The van der Waals surface area contributed by atoms with Gasteiger partial charge in [0.1, 0.15) is 6.61 Å². The first kappa shape index (κ1) is 11.3. The summed E-state index contributed by atoms with van der Waals surface area (Å²) in [6.07, 6.45) is 2.03. The smallest absolute Gasteiger partial charge is 0.244 e. The van der Waals surface area contributed by atoms with Gasteiger partial charge in [-0.05, 0) is 12.8 Å². The highest BCUT2D eigenvalue weighted by atomic mass is 16.5. The lowest BCUT2D eigenvalue weighted by Gasteiger charge is -2.11. The number of aromatic nitrogens is 3. The number of hydrogen-bond donors (Lipinski definition) is 2. The maximum absolute atomic E-state index is 5.84. The Labute approximate surface area is 95.2 Å². The lowest BCUT2D eigenvalue weighted by molar-refractivity contribution is 0.116. The van der Waals surface area contributed by atoms with Gasteiger partial charge in [0, 0.05) is 25.7 Å². The fourth-order valence-electron chi connectivity index (χ4n) is 1.77. The quantitative estimate of drug-likeness (QED) is 0.703. The van der Waals surface area contributed by atoms with Crippen molar-refractivity contribution in [3.8, 4) is 0 Å². The SMILES string of the molecule is CCCOCc1nc(N2CCC(N)C2)n[nH]1. The summed E-state index contributed by atoms with van der Waals surface area (Å²) < 4.78 is 5.39. The zero-order valence-corrected chi connectivity index (χ0v) is 9.65. The molecule has 1 aromatic heterocycles. The molecule has 1 aliphatic heterocycles. The molecule has 1 aliphatic rings. The number of nitrogens with two attached hydrogens (primary N) is 1. The number of hydrogen-bond acceptors (Lipinski definition) is 5. The van der Waals surface area contributed by atoms with Crippen LogP contribution in [0.1, 0.15) is 25.6 Å². The van der Waals surface area contributed by atoms with E-state index in [9.17, 15) is 0 Å². The minimum absolute atomic E-state index is 0.248. The molecule has 1 atom stereocenters. The van der Waals surface area contributed by atoms with Crippen molar-refractivity contribution in [1.29, 1.82) is 0 Å². The molecule has 0 bridgehead atoms. The molecule has 90 valence electrons. The van der Waals surface area contributed by atoms with Crippen LogP contribution in [0.5, 0.6) is 0 Å². The van der Waals surface area contributed by atoms with Gasteiger partial charge in [-0.25, -0.2) is 0 Å². The number of anilines is 1. The Morgan fingerprint density at radius 2 is 2.50 bits per heavy atom. The Kier molecular flexibility index (Phi) is 3.74. The van der Waals surface area contributed by atoms with Crippen molar-refractivity contribution < 1.29 is 4.74 Å². The van der Waals surface area contributed by atoms with Crippen molar-refractivity contribution in [1.82, 2.24) is 15.2 Å². The average molecular weight is 225 g/mol. The molecule has 6 heteroatoms. The van der Waals surface area contributed by atoms with Gasteiger partial charge in [-0.1, -0.05) is 6.92 Å². The van der Waals surface area contributed by atoms with Gasteiger partial charge >= 0.3 is 0 Å². The Balaban J connectivity index is 1.87. The monoisotopic (exact) mass is 225 g/mol. The molecule has 16 heavy (non-hydrogen) atoms. The van der Waals surface area contributed by atoms with E-state index >= 15 is 0 Å². The van der Waals surface area contributed by atoms with Crippen LogP contribution in [0.2, 0.25) is 0 Å². The molecule has 1 fully saturated rings. The second-order valence-corrected chi connectivity index (χ2v) is 4.13. The van der Waals surface area contributed by atoms with E-state index in [0.717, 1.165) is 44.3 Å². The van der Waals surface area contributed by atoms with Crippen molar-refractivity contribution in [3.63, 3.8) is 0 Å². The van der Waals surface area contributed by atoms with E-state index in [1.54, 1.807) is 0 Å². The van der Waals surface area contributed by atoms with Crippen LogP contribution in [0.3, 0.4) is 0 Å². The highest BCUT2D eigenvalue weighted by Crippen LogP contribution is 2.14. The predicted octanol–water partition coefficient (Wildman–Crippen LogP) is 0.269. The van der Waals surface area contributed by atoms with Crippen molar-refractivity contribution in [2.24, 2.45) is 5.73 Å². The topological polar surface area (TPSA) is 80.1 Å². The van der Waals surface area contributed by atoms with E-state index < -0.39 is 0 Å². The van der Waals surface area contributed by atoms with Gasteiger partial charge in [0.25, 0.3) is 0 Å². The fourth-order valence-corrected chi connectivity index (χ4v) is 1.77. The number of aromatic amines is 1. The van der Waals surface area contributed by atoms with Gasteiger partial charge in [0.2, 0.25) is 5.95 Å². The number of nitrogens with one attached hydrogen (secondary N) is 1. The van der Waals surface area contributed by atoms with Gasteiger partial charge in [0.15, 0.2) is 5.82 Å². The molecule has 0 aliphatic carbocycles. The highest BCUT2D eigenvalue weighted by Gasteiger charge is 2.22. The molecule has 0 aromatic carbocycles. The Bertz CT molecular complexity index is 327. The number of rotatable bonds is 5. The second-order valence-electron chi connectivity index (χ2n) is 4.13. The first-order valence-electron chi connectivity index (χ1n) is 5.79. The third kappa shape index (κ3) is 2.70. The van der Waals surface area contributed by atoms with Crippen molar-refractivity contribution in [2.75, 3.05) is 24.6 Å². The van der Waals surface area contributed by atoms with Crippen LogP contribution in [0.25, 0.3) is 0 Å². The Morgan fingerprint density at radius 1 is 1.62 bits per heavy atom. The lowest BCUT2D eigenvalue weighted by atomic mass is 10.3. The van der Waals surface area contributed by atoms with Crippen LogP contribution >= 0.6 is 0 Å². The minimum atomic E-state index is 0.248. The van der Waals surface area contributed by atoms with E-state index in [1.807, 2.05) is 0 Å². The summed E-state index contributed by atoms with van der Waals surface area (Å²) >= 11 is 0. The number of ether oxygens (including phenoxy) is 1. The predicted molar refractivity (Wildman–Crippen MR) is 61.1 cm³/mol. The summed E-state index contributed by atoms with van der Waals surface area (Å²) in [4.78, 5) is 6.48. The first-order chi connectivity index (χ1) is 7.79. The minimum Gasteiger partial charge on any atom is -0.373 e. The largest absolute Gasteiger partial charge is 0.373 e. The zero-order valence-electron chi connectivity index (χ0n) is 9.65. The van der Waals surface area contributed by atoms with Crippen LogP contribution in [0, 0.1) is 0 Å². The first-order valence-corrected chi connectivity index (χ1v) is 5.79. The van der Waals surface area contributed by atoms with E-state index in [1.165, 1.54) is 0 Å². The Morgan fingerprint density at radius 3 is 3.19 bits per heavy atom. The summed E-state index contributed by atoms with van der Waals surface area (Å²) in [6, 6.07) is 0.248. The summed E-state index contributed by atoms with van der Waals surface area (Å²) in [7, 11) is 0. The van der Waals surface area contributed by atoms with Crippen LogP contribution in [-0.2, 0) is 11.3 Å². The van der Waals surface area contributed by atoms with Crippen molar-refractivity contribution >= 4 is 5.95 Å². The third-order valence-electron chi connectivity index (χ3n) is 2.61. The lowest BCUT2D eigenvalue weighted by Crippen LogP contribution is -2.27. The fraction of sp³-hybridized carbons (Fsp3) is 0.800. The maximum Gasteiger partial charge on any atom is 0.244 e. The van der Waals surface area contributed by atoms with Crippen LogP contribution in [0.4, 0.5) is 5.95 Å². The molecule has 3 N–H and O–H groups in total. The molecule has 0 spiro atoms. The molecule has 0 amide bonds. The molecule has 2 rings (SSSR count). The Hall–Kier alpha value is -1.14. The van der Waals surface area contributed by atoms with Crippen LogP contribution in [-0.4, -0.2) is 40.9 Å². The highest BCUT2D eigenvalue weighted by molar-refractivity contribution is 5.31. The number of nitrogens with zero attached hydrogens (tertiary/aromatic N) is 3. The zero-order chi connectivity index (χ0) is 11.4. The molecular formula is C10H19N5O. The molecule has 0 saturated carbocycles. The van der Waals surface area contributed by atoms with Gasteiger partial charge < -0.3 is 15.4 Å². The number of H-pyrrole nitrogens is 1. The molecular weight excluding hydrogens is 206 g/mol. The van der Waals surface area contributed by atoms with E-state index in [-0.39, 0.29) is 6.04 Å². The summed E-state index contributed by atoms with van der Waals surface area (Å²) in [5, 5.41) is 7.05.